The summed E-state index contributed by atoms with van der Waals surface area (Å²) in [5, 5.41) is 2.70. The summed E-state index contributed by atoms with van der Waals surface area (Å²) >= 11 is 0. The fourth-order valence-electron chi connectivity index (χ4n) is 3.67. The van der Waals surface area contributed by atoms with E-state index < -0.39 is 35.9 Å². The monoisotopic (exact) mass is 514 g/mol. The number of methoxy groups -OCH3 is 2. The molecule has 1 aromatic heterocycles. The third-order valence-electron chi connectivity index (χ3n) is 6.16. The van der Waals surface area contributed by atoms with Crippen molar-refractivity contribution >= 4 is 17.8 Å². The van der Waals surface area contributed by atoms with E-state index in [9.17, 15) is 14.4 Å². The molecule has 1 amide bonds. The zero-order valence-electron chi connectivity index (χ0n) is 23.1. The highest BCUT2D eigenvalue weighted by Crippen LogP contribution is 2.31. The maximum Gasteiger partial charge on any atom is 0.329 e. The number of pyridine rings is 1. The van der Waals surface area contributed by atoms with Crippen molar-refractivity contribution in [1.29, 1.82) is 0 Å². The molecule has 9 heteroatoms. The second-order valence-electron chi connectivity index (χ2n) is 9.62. The smallest absolute Gasteiger partial charge is 0.329 e. The lowest BCUT2D eigenvalue weighted by Gasteiger charge is -2.27. The Kier molecular flexibility index (Phi) is 10.5. The van der Waals surface area contributed by atoms with Gasteiger partial charge in [-0.05, 0) is 43.0 Å². The van der Waals surface area contributed by atoms with E-state index in [-0.39, 0.29) is 29.0 Å². The number of hydrogen-bond acceptors (Lipinski definition) is 8. The molecule has 0 aliphatic rings. The predicted molar refractivity (Wildman–Crippen MR) is 139 cm³/mol. The van der Waals surface area contributed by atoms with Crippen molar-refractivity contribution < 1.29 is 33.3 Å². The van der Waals surface area contributed by atoms with E-state index in [0.717, 1.165) is 16.9 Å². The SMILES string of the molecule is COc1ccc([C@@H](C)[C@@H](C)OC(=O)[C@@H](NC(=O)c2nccc(OC)c2OC(=O)C(C)C)C(C)C)c(C)c1. The fourth-order valence-corrected chi connectivity index (χ4v) is 3.67. The molecule has 0 unspecified atom stereocenters. The first-order valence-electron chi connectivity index (χ1n) is 12.3. The highest BCUT2D eigenvalue weighted by atomic mass is 16.6. The number of amides is 1. The molecule has 0 spiro atoms. The summed E-state index contributed by atoms with van der Waals surface area (Å²) < 4.78 is 21.7. The number of esters is 2. The summed E-state index contributed by atoms with van der Waals surface area (Å²) in [6, 6.07) is 6.29. The Bertz CT molecular complexity index is 1110. The van der Waals surface area contributed by atoms with Gasteiger partial charge in [-0.25, -0.2) is 9.78 Å². The van der Waals surface area contributed by atoms with Gasteiger partial charge in [-0.3, -0.25) is 9.59 Å². The number of carbonyl (C=O) groups is 3. The van der Waals surface area contributed by atoms with Crippen molar-refractivity contribution in [3.63, 3.8) is 0 Å². The molecule has 0 fully saturated rings. The van der Waals surface area contributed by atoms with E-state index >= 15 is 0 Å². The minimum atomic E-state index is -0.958. The van der Waals surface area contributed by atoms with Crippen LogP contribution in [0.5, 0.6) is 17.2 Å². The molecule has 2 rings (SSSR count). The third-order valence-corrected chi connectivity index (χ3v) is 6.16. The van der Waals surface area contributed by atoms with Gasteiger partial charge in [-0.15, -0.1) is 0 Å². The summed E-state index contributed by atoms with van der Waals surface area (Å²) in [5.74, 6) is -1.79. The van der Waals surface area contributed by atoms with E-state index in [1.807, 2.05) is 39.0 Å². The Labute approximate surface area is 218 Å². The van der Waals surface area contributed by atoms with Crippen LogP contribution in [-0.4, -0.2) is 49.2 Å². The molecule has 2 aromatic rings. The van der Waals surface area contributed by atoms with Crippen LogP contribution < -0.4 is 19.5 Å². The van der Waals surface area contributed by atoms with E-state index in [1.165, 1.54) is 19.4 Å². The van der Waals surface area contributed by atoms with Crippen molar-refractivity contribution in [3.8, 4) is 17.2 Å². The van der Waals surface area contributed by atoms with Gasteiger partial charge in [-0.1, -0.05) is 40.7 Å². The molecule has 37 heavy (non-hydrogen) atoms. The molecule has 0 aliphatic carbocycles. The zero-order valence-corrected chi connectivity index (χ0v) is 23.1. The number of hydrogen-bond donors (Lipinski definition) is 1. The third kappa shape index (κ3) is 7.44. The van der Waals surface area contributed by atoms with Crippen LogP contribution in [0.25, 0.3) is 0 Å². The summed E-state index contributed by atoms with van der Waals surface area (Å²) in [6.45, 7) is 12.7. The van der Waals surface area contributed by atoms with Crippen molar-refractivity contribution in [2.24, 2.45) is 11.8 Å². The van der Waals surface area contributed by atoms with Crippen LogP contribution in [0.15, 0.2) is 30.5 Å². The highest BCUT2D eigenvalue weighted by Gasteiger charge is 2.32. The van der Waals surface area contributed by atoms with Gasteiger partial charge in [0.05, 0.1) is 20.1 Å². The Balaban J connectivity index is 2.23. The Morgan fingerprint density at radius 3 is 2.14 bits per heavy atom. The van der Waals surface area contributed by atoms with Gasteiger partial charge < -0.3 is 24.3 Å². The minimum absolute atomic E-state index is 0.0968. The van der Waals surface area contributed by atoms with Crippen LogP contribution in [0, 0.1) is 18.8 Å². The normalized spacial score (nSPS) is 13.5. The first kappa shape index (κ1) is 29.6. The lowest BCUT2D eigenvalue weighted by Crippen LogP contribution is -2.46. The standard InChI is InChI=1S/C28H38N2O7/c1-15(2)23(28(33)36-19(7)18(6)21-11-10-20(34-8)14-17(21)5)30-26(31)24-25(37-27(32)16(3)4)22(35-9)12-13-29-24/h10-16,18-19,23H,1-9H3,(H,30,31)/t18-,19+,23-/m0/s1. The van der Waals surface area contributed by atoms with Gasteiger partial charge in [0.15, 0.2) is 11.4 Å². The average Bonchev–Trinajstić information content (AvgIpc) is 2.86. The van der Waals surface area contributed by atoms with Crippen molar-refractivity contribution in [3.05, 3.63) is 47.3 Å². The molecule has 0 aliphatic heterocycles. The number of nitrogens with zero attached hydrogens (tertiary/aromatic N) is 1. The maximum absolute atomic E-state index is 13.2. The molecule has 202 valence electrons. The number of rotatable bonds is 11. The van der Waals surface area contributed by atoms with Crippen LogP contribution >= 0.6 is 0 Å². The molecule has 0 saturated heterocycles. The topological polar surface area (TPSA) is 113 Å². The molecule has 3 atom stereocenters. The lowest BCUT2D eigenvalue weighted by atomic mass is 9.92. The molecule has 1 heterocycles. The van der Waals surface area contributed by atoms with E-state index in [4.69, 9.17) is 18.9 Å². The Morgan fingerprint density at radius 1 is 0.919 bits per heavy atom. The molecule has 9 nitrogen and oxygen atoms in total. The largest absolute Gasteiger partial charge is 0.497 e. The van der Waals surface area contributed by atoms with Gasteiger partial charge in [-0.2, -0.15) is 0 Å². The van der Waals surface area contributed by atoms with Gasteiger partial charge in [0.2, 0.25) is 5.75 Å². The summed E-state index contributed by atoms with van der Waals surface area (Å²) in [7, 11) is 3.01. The van der Waals surface area contributed by atoms with Crippen LogP contribution in [0.1, 0.15) is 69.1 Å². The zero-order chi connectivity index (χ0) is 27.9. The number of carbonyl (C=O) groups excluding carboxylic acids is 3. The van der Waals surface area contributed by atoms with E-state index in [2.05, 4.69) is 10.3 Å². The summed E-state index contributed by atoms with van der Waals surface area (Å²) in [5.41, 5.74) is 1.89. The molecular weight excluding hydrogens is 476 g/mol. The lowest BCUT2D eigenvalue weighted by molar-refractivity contribution is -0.152. The first-order chi connectivity index (χ1) is 17.4. The van der Waals surface area contributed by atoms with Gasteiger partial charge in [0, 0.05) is 18.2 Å². The minimum Gasteiger partial charge on any atom is -0.497 e. The molecule has 0 bridgehead atoms. The van der Waals surface area contributed by atoms with Crippen LogP contribution in [0.4, 0.5) is 0 Å². The maximum atomic E-state index is 13.2. The Hall–Kier alpha value is -3.62. The summed E-state index contributed by atoms with van der Waals surface area (Å²) in [4.78, 5) is 42.7. The van der Waals surface area contributed by atoms with Gasteiger partial charge >= 0.3 is 11.9 Å². The first-order valence-corrected chi connectivity index (χ1v) is 12.3. The van der Waals surface area contributed by atoms with Crippen LogP contribution in [0.3, 0.4) is 0 Å². The number of nitrogens with one attached hydrogen (secondary N) is 1. The van der Waals surface area contributed by atoms with Crippen molar-refractivity contribution in [2.45, 2.75) is 66.5 Å². The Morgan fingerprint density at radius 2 is 1.59 bits per heavy atom. The molecule has 0 saturated carbocycles. The average molecular weight is 515 g/mol. The fraction of sp³-hybridized carbons (Fsp3) is 0.500. The number of aromatic nitrogens is 1. The number of ether oxygens (including phenoxy) is 4. The molecular formula is C28H38N2O7. The quantitative estimate of drug-likeness (QED) is 0.438. The molecule has 0 radical (unpaired) electrons. The van der Waals surface area contributed by atoms with E-state index in [0.29, 0.717) is 0 Å². The highest BCUT2D eigenvalue weighted by molar-refractivity contribution is 5.99. The predicted octanol–water partition coefficient (Wildman–Crippen LogP) is 4.46. The van der Waals surface area contributed by atoms with Crippen molar-refractivity contribution in [1.82, 2.24) is 10.3 Å². The second kappa shape index (κ2) is 13.1. The molecule has 1 aromatic carbocycles. The van der Waals surface area contributed by atoms with Gasteiger partial charge in [0.25, 0.3) is 5.91 Å². The second-order valence-corrected chi connectivity index (χ2v) is 9.62. The summed E-state index contributed by atoms with van der Waals surface area (Å²) in [6.07, 6.45) is 0.902. The van der Waals surface area contributed by atoms with Crippen LogP contribution in [0.2, 0.25) is 0 Å². The van der Waals surface area contributed by atoms with Crippen LogP contribution in [-0.2, 0) is 14.3 Å². The van der Waals surface area contributed by atoms with Crippen molar-refractivity contribution in [2.75, 3.05) is 14.2 Å². The van der Waals surface area contributed by atoms with Gasteiger partial charge in [0.1, 0.15) is 17.9 Å². The molecule has 1 N–H and O–H groups in total. The number of aryl methyl sites for hydroxylation is 1. The number of benzene rings is 1. The van der Waals surface area contributed by atoms with E-state index in [1.54, 1.807) is 34.8 Å².